The second-order valence-corrected chi connectivity index (χ2v) is 5.32. The Morgan fingerprint density at radius 1 is 1.24 bits per heavy atom. The zero-order valence-corrected chi connectivity index (χ0v) is 10.2. The van der Waals surface area contributed by atoms with Gasteiger partial charge in [-0.25, -0.2) is 0 Å². The molecule has 92 valence electrons. The molecule has 1 unspecified atom stereocenters. The minimum Gasteiger partial charge on any atom is -0.454 e. The van der Waals surface area contributed by atoms with Crippen molar-refractivity contribution in [3.8, 4) is 11.5 Å². The Labute approximate surface area is 101 Å². The van der Waals surface area contributed by atoms with Crippen molar-refractivity contribution in [2.24, 2.45) is 0 Å². The van der Waals surface area contributed by atoms with Crippen LogP contribution in [0.5, 0.6) is 11.5 Å². The van der Waals surface area contributed by atoms with E-state index in [0.29, 0.717) is 12.8 Å². The van der Waals surface area contributed by atoms with Crippen LogP contribution in [-0.4, -0.2) is 25.4 Å². The van der Waals surface area contributed by atoms with Crippen LogP contribution >= 0.6 is 0 Å². The van der Waals surface area contributed by atoms with Gasteiger partial charge in [0.2, 0.25) is 6.79 Å². The SMILES string of the molecule is CC1(C)CNCC(c2ccc3c(c2)OCO3)N1. The van der Waals surface area contributed by atoms with Crippen molar-refractivity contribution in [3.63, 3.8) is 0 Å². The lowest BCUT2D eigenvalue weighted by Gasteiger charge is -2.38. The molecule has 1 aromatic rings. The second kappa shape index (κ2) is 3.89. The maximum absolute atomic E-state index is 5.41. The highest BCUT2D eigenvalue weighted by Crippen LogP contribution is 2.34. The molecule has 1 saturated heterocycles. The zero-order valence-electron chi connectivity index (χ0n) is 10.2. The lowest BCUT2D eigenvalue weighted by Crippen LogP contribution is -2.56. The molecule has 3 rings (SSSR count). The Bertz CT molecular complexity index is 431. The van der Waals surface area contributed by atoms with Crippen molar-refractivity contribution in [3.05, 3.63) is 23.8 Å². The molecule has 0 saturated carbocycles. The van der Waals surface area contributed by atoms with Crippen molar-refractivity contribution in [1.29, 1.82) is 0 Å². The fourth-order valence-corrected chi connectivity index (χ4v) is 2.43. The molecule has 0 bridgehead atoms. The van der Waals surface area contributed by atoms with Crippen LogP contribution in [0.4, 0.5) is 0 Å². The minimum atomic E-state index is 0.124. The first-order valence-corrected chi connectivity index (χ1v) is 6.02. The van der Waals surface area contributed by atoms with Gasteiger partial charge in [0.25, 0.3) is 0 Å². The van der Waals surface area contributed by atoms with Gasteiger partial charge in [-0.2, -0.15) is 0 Å². The van der Waals surface area contributed by atoms with Crippen LogP contribution < -0.4 is 20.1 Å². The molecule has 1 aromatic carbocycles. The normalized spacial score (nSPS) is 25.9. The second-order valence-electron chi connectivity index (χ2n) is 5.32. The Morgan fingerprint density at radius 3 is 2.88 bits per heavy atom. The van der Waals surface area contributed by atoms with Crippen LogP contribution in [-0.2, 0) is 0 Å². The van der Waals surface area contributed by atoms with E-state index in [-0.39, 0.29) is 5.54 Å². The summed E-state index contributed by atoms with van der Waals surface area (Å²) in [4.78, 5) is 0. The highest BCUT2D eigenvalue weighted by atomic mass is 16.7. The van der Waals surface area contributed by atoms with Gasteiger partial charge in [0.05, 0.1) is 0 Å². The van der Waals surface area contributed by atoms with Crippen LogP contribution in [0.25, 0.3) is 0 Å². The molecule has 4 nitrogen and oxygen atoms in total. The molecule has 0 aromatic heterocycles. The summed E-state index contributed by atoms with van der Waals surface area (Å²) in [6.07, 6.45) is 0. The molecule has 0 spiro atoms. The van der Waals surface area contributed by atoms with E-state index in [2.05, 4.69) is 36.6 Å². The summed E-state index contributed by atoms with van der Waals surface area (Å²) in [5, 5.41) is 7.10. The number of hydrogen-bond acceptors (Lipinski definition) is 4. The molecule has 2 N–H and O–H groups in total. The maximum Gasteiger partial charge on any atom is 0.231 e. The number of fused-ring (bicyclic) bond motifs is 1. The van der Waals surface area contributed by atoms with E-state index in [4.69, 9.17) is 9.47 Å². The van der Waals surface area contributed by atoms with Crippen molar-refractivity contribution in [1.82, 2.24) is 10.6 Å². The number of nitrogens with one attached hydrogen (secondary N) is 2. The van der Waals surface area contributed by atoms with Gasteiger partial charge >= 0.3 is 0 Å². The standard InChI is InChI=1S/C13H18N2O2/c1-13(2)7-14-6-10(15-13)9-3-4-11-12(5-9)17-8-16-11/h3-5,10,14-15H,6-8H2,1-2H3. The Kier molecular flexibility index (Phi) is 2.49. The van der Waals surface area contributed by atoms with Gasteiger partial charge in [0, 0.05) is 24.7 Å². The molecule has 17 heavy (non-hydrogen) atoms. The van der Waals surface area contributed by atoms with E-state index in [0.717, 1.165) is 24.6 Å². The lowest BCUT2D eigenvalue weighted by atomic mass is 9.96. The van der Waals surface area contributed by atoms with E-state index < -0.39 is 0 Å². The molecule has 2 aliphatic rings. The van der Waals surface area contributed by atoms with E-state index in [9.17, 15) is 0 Å². The summed E-state index contributed by atoms with van der Waals surface area (Å²) in [6, 6.07) is 6.49. The number of benzene rings is 1. The summed E-state index contributed by atoms with van der Waals surface area (Å²) in [5.41, 5.74) is 1.37. The predicted molar refractivity (Wildman–Crippen MR) is 65.4 cm³/mol. The first-order chi connectivity index (χ1) is 8.14. The van der Waals surface area contributed by atoms with Gasteiger partial charge in [-0.05, 0) is 31.5 Å². The zero-order chi connectivity index (χ0) is 11.9. The topological polar surface area (TPSA) is 42.5 Å². The van der Waals surface area contributed by atoms with Gasteiger partial charge in [-0.1, -0.05) is 6.07 Å². The molecular weight excluding hydrogens is 216 g/mol. The van der Waals surface area contributed by atoms with E-state index in [1.54, 1.807) is 0 Å². The van der Waals surface area contributed by atoms with Gasteiger partial charge in [0.1, 0.15) is 0 Å². The van der Waals surface area contributed by atoms with Crippen LogP contribution in [0.2, 0.25) is 0 Å². The van der Waals surface area contributed by atoms with Crippen molar-refractivity contribution >= 4 is 0 Å². The third-order valence-corrected chi connectivity index (χ3v) is 3.28. The molecule has 0 amide bonds. The summed E-state index contributed by atoms with van der Waals surface area (Å²) in [6.45, 7) is 6.69. The molecular formula is C13H18N2O2. The molecule has 2 aliphatic heterocycles. The van der Waals surface area contributed by atoms with Gasteiger partial charge in [-0.15, -0.1) is 0 Å². The third-order valence-electron chi connectivity index (χ3n) is 3.28. The highest BCUT2D eigenvalue weighted by molar-refractivity contribution is 5.45. The van der Waals surface area contributed by atoms with E-state index in [1.807, 2.05) is 6.07 Å². The summed E-state index contributed by atoms with van der Waals surface area (Å²) >= 11 is 0. The summed E-state index contributed by atoms with van der Waals surface area (Å²) in [7, 11) is 0. The van der Waals surface area contributed by atoms with Crippen molar-refractivity contribution in [2.45, 2.75) is 25.4 Å². The average Bonchev–Trinajstić information content (AvgIpc) is 2.74. The third kappa shape index (κ3) is 2.10. The summed E-state index contributed by atoms with van der Waals surface area (Å²) in [5.74, 6) is 1.70. The smallest absolute Gasteiger partial charge is 0.231 e. The first kappa shape index (κ1) is 10.9. The Balaban J connectivity index is 1.84. The van der Waals surface area contributed by atoms with E-state index in [1.165, 1.54) is 5.56 Å². The monoisotopic (exact) mass is 234 g/mol. The molecule has 4 heteroatoms. The van der Waals surface area contributed by atoms with Crippen LogP contribution in [0.1, 0.15) is 25.5 Å². The molecule has 0 aliphatic carbocycles. The van der Waals surface area contributed by atoms with Gasteiger partial charge < -0.3 is 20.1 Å². The molecule has 2 heterocycles. The van der Waals surface area contributed by atoms with Crippen molar-refractivity contribution < 1.29 is 9.47 Å². The fourth-order valence-electron chi connectivity index (χ4n) is 2.43. The average molecular weight is 234 g/mol. The van der Waals surface area contributed by atoms with Crippen LogP contribution in [0, 0.1) is 0 Å². The van der Waals surface area contributed by atoms with Crippen LogP contribution in [0.15, 0.2) is 18.2 Å². The fraction of sp³-hybridized carbons (Fsp3) is 0.538. The lowest BCUT2D eigenvalue weighted by molar-refractivity contribution is 0.174. The minimum absolute atomic E-state index is 0.124. The quantitative estimate of drug-likeness (QED) is 0.771. The predicted octanol–water partition coefficient (Wildman–Crippen LogP) is 1.43. The molecule has 0 radical (unpaired) electrons. The number of hydrogen-bond donors (Lipinski definition) is 2. The highest BCUT2D eigenvalue weighted by Gasteiger charge is 2.28. The number of ether oxygens (including phenoxy) is 2. The number of rotatable bonds is 1. The first-order valence-electron chi connectivity index (χ1n) is 6.02. The van der Waals surface area contributed by atoms with Gasteiger partial charge in [0.15, 0.2) is 11.5 Å². The molecule has 1 fully saturated rings. The summed E-state index contributed by atoms with van der Waals surface area (Å²) < 4.78 is 10.7. The Hall–Kier alpha value is -1.26. The van der Waals surface area contributed by atoms with Crippen LogP contribution in [0.3, 0.4) is 0 Å². The largest absolute Gasteiger partial charge is 0.454 e. The Morgan fingerprint density at radius 2 is 2.06 bits per heavy atom. The van der Waals surface area contributed by atoms with Crippen molar-refractivity contribution in [2.75, 3.05) is 19.9 Å². The number of piperazine rings is 1. The van der Waals surface area contributed by atoms with Gasteiger partial charge in [-0.3, -0.25) is 0 Å². The van der Waals surface area contributed by atoms with E-state index >= 15 is 0 Å². The molecule has 1 atom stereocenters. The maximum atomic E-state index is 5.41.